The van der Waals surface area contributed by atoms with Crippen LogP contribution in [0, 0.1) is 11.7 Å². The van der Waals surface area contributed by atoms with Gasteiger partial charge in [-0.25, -0.2) is 9.18 Å². The van der Waals surface area contributed by atoms with Crippen molar-refractivity contribution < 1.29 is 23.8 Å². The Labute approximate surface area is 167 Å². The minimum absolute atomic E-state index is 0.0734. The van der Waals surface area contributed by atoms with E-state index in [1.165, 1.54) is 18.2 Å². The van der Waals surface area contributed by atoms with E-state index in [1.54, 1.807) is 30.2 Å². The molecule has 1 atom stereocenters. The van der Waals surface area contributed by atoms with Crippen LogP contribution in [0.25, 0.3) is 0 Å². The minimum atomic E-state index is -0.992. The van der Waals surface area contributed by atoms with Crippen LogP contribution in [-0.2, 0) is 17.6 Å². The molecule has 1 unspecified atom stereocenters. The summed E-state index contributed by atoms with van der Waals surface area (Å²) in [6, 6.07) is 9.15. The quantitative estimate of drug-likeness (QED) is 0.793. The molecular weight excluding hydrogens is 385 g/mol. The zero-order valence-electron chi connectivity index (χ0n) is 15.5. The molecule has 3 rings (SSSR count). The lowest BCUT2D eigenvalue weighted by molar-refractivity contribution is -0.129. The van der Waals surface area contributed by atoms with Gasteiger partial charge in [0, 0.05) is 23.7 Å². The van der Waals surface area contributed by atoms with Crippen molar-refractivity contribution >= 4 is 23.5 Å². The van der Waals surface area contributed by atoms with Gasteiger partial charge in [-0.05, 0) is 54.7 Å². The zero-order valence-corrected chi connectivity index (χ0v) is 16.2. The van der Waals surface area contributed by atoms with Gasteiger partial charge in [-0.15, -0.1) is 0 Å². The summed E-state index contributed by atoms with van der Waals surface area (Å²) in [6.07, 6.45) is 1.32. The fourth-order valence-electron chi connectivity index (χ4n) is 3.57. The molecule has 1 amide bonds. The largest absolute Gasteiger partial charge is 0.496 e. The van der Waals surface area contributed by atoms with Crippen molar-refractivity contribution in [1.29, 1.82) is 0 Å². The van der Waals surface area contributed by atoms with E-state index in [4.69, 9.17) is 16.3 Å². The third-order valence-electron chi connectivity index (χ3n) is 5.06. The van der Waals surface area contributed by atoms with E-state index in [1.807, 2.05) is 0 Å². The lowest BCUT2D eigenvalue weighted by atomic mass is 9.96. The van der Waals surface area contributed by atoms with Crippen molar-refractivity contribution in [3.63, 3.8) is 0 Å². The molecule has 0 spiro atoms. The maximum Gasteiger partial charge on any atom is 0.335 e. The van der Waals surface area contributed by atoms with Gasteiger partial charge in [0.1, 0.15) is 11.6 Å². The highest BCUT2D eigenvalue weighted by Crippen LogP contribution is 2.28. The number of halogens is 2. The van der Waals surface area contributed by atoms with Gasteiger partial charge >= 0.3 is 5.97 Å². The highest BCUT2D eigenvalue weighted by atomic mass is 35.5. The minimum Gasteiger partial charge on any atom is -0.496 e. The number of rotatable bonds is 6. The van der Waals surface area contributed by atoms with Crippen molar-refractivity contribution in [2.75, 3.05) is 20.2 Å². The topological polar surface area (TPSA) is 66.8 Å². The predicted octanol–water partition coefficient (Wildman–Crippen LogP) is 3.82. The molecule has 0 radical (unpaired) electrons. The fourth-order valence-corrected chi connectivity index (χ4v) is 3.80. The number of carboxylic acids is 1. The van der Waals surface area contributed by atoms with E-state index in [2.05, 4.69) is 0 Å². The maximum atomic E-state index is 13.9. The van der Waals surface area contributed by atoms with Crippen LogP contribution >= 0.6 is 11.6 Å². The monoisotopic (exact) mass is 405 g/mol. The molecule has 148 valence electrons. The number of amides is 1. The van der Waals surface area contributed by atoms with E-state index in [0.717, 1.165) is 12.0 Å². The molecule has 1 aliphatic rings. The standard InChI is InChI=1S/C21H21ClFNO4/c1-28-19-6-5-14(21(26)27)10-15(19)9-13-7-8-24(12-13)20(25)11-16-17(22)3-2-4-18(16)23/h2-6,10,13H,7-9,11-12H2,1H3,(H,26,27). The van der Waals surface area contributed by atoms with Crippen LogP contribution in [-0.4, -0.2) is 42.1 Å². The van der Waals surface area contributed by atoms with Crippen LogP contribution < -0.4 is 4.74 Å². The van der Waals surface area contributed by atoms with Crippen LogP contribution in [0.5, 0.6) is 5.75 Å². The smallest absolute Gasteiger partial charge is 0.335 e. The van der Waals surface area contributed by atoms with Crippen molar-refractivity contribution in [2.24, 2.45) is 5.92 Å². The second kappa shape index (κ2) is 8.61. The van der Waals surface area contributed by atoms with E-state index < -0.39 is 11.8 Å². The SMILES string of the molecule is COc1ccc(C(=O)O)cc1CC1CCN(C(=O)Cc2c(F)cccc2Cl)C1. The molecular formula is C21H21ClFNO4. The van der Waals surface area contributed by atoms with E-state index in [0.29, 0.717) is 25.3 Å². The normalized spacial score (nSPS) is 16.2. The number of hydrogen-bond acceptors (Lipinski definition) is 3. The number of nitrogens with zero attached hydrogens (tertiary/aromatic N) is 1. The molecule has 1 aliphatic heterocycles. The Kier molecular flexibility index (Phi) is 6.19. The number of aromatic carboxylic acids is 1. The second-order valence-electron chi connectivity index (χ2n) is 6.91. The Balaban J connectivity index is 1.66. The first-order valence-electron chi connectivity index (χ1n) is 9.00. The average molecular weight is 406 g/mol. The Morgan fingerprint density at radius 2 is 2.11 bits per heavy atom. The zero-order chi connectivity index (χ0) is 20.3. The molecule has 5 nitrogen and oxygen atoms in total. The summed E-state index contributed by atoms with van der Waals surface area (Å²) in [5, 5.41) is 9.45. The summed E-state index contributed by atoms with van der Waals surface area (Å²) < 4.78 is 19.3. The van der Waals surface area contributed by atoms with Gasteiger partial charge in [0.05, 0.1) is 19.1 Å². The van der Waals surface area contributed by atoms with E-state index >= 15 is 0 Å². The van der Waals surface area contributed by atoms with Crippen LogP contribution in [0.1, 0.15) is 27.9 Å². The van der Waals surface area contributed by atoms with Gasteiger partial charge in [0.25, 0.3) is 0 Å². The van der Waals surface area contributed by atoms with Gasteiger partial charge in [-0.1, -0.05) is 17.7 Å². The number of hydrogen-bond donors (Lipinski definition) is 1. The van der Waals surface area contributed by atoms with Gasteiger partial charge in [-0.2, -0.15) is 0 Å². The first-order valence-corrected chi connectivity index (χ1v) is 9.37. The summed E-state index contributed by atoms with van der Waals surface area (Å²) in [4.78, 5) is 25.5. The fraction of sp³-hybridized carbons (Fsp3) is 0.333. The van der Waals surface area contributed by atoms with Gasteiger partial charge in [0.15, 0.2) is 0 Å². The number of methoxy groups -OCH3 is 1. The summed E-state index contributed by atoms with van der Waals surface area (Å²) in [5.41, 5.74) is 1.23. The van der Waals surface area contributed by atoms with Gasteiger partial charge in [-0.3, -0.25) is 4.79 Å². The van der Waals surface area contributed by atoms with Gasteiger partial charge < -0.3 is 14.7 Å². The average Bonchev–Trinajstić information content (AvgIpc) is 3.13. The Morgan fingerprint density at radius 3 is 2.79 bits per heavy atom. The van der Waals surface area contributed by atoms with Crippen LogP contribution in [0.4, 0.5) is 4.39 Å². The molecule has 0 aliphatic carbocycles. The summed E-state index contributed by atoms with van der Waals surface area (Å²) in [5.74, 6) is -0.827. The molecule has 1 saturated heterocycles. The molecule has 2 aromatic carbocycles. The Hall–Kier alpha value is -2.60. The lowest BCUT2D eigenvalue weighted by Gasteiger charge is -2.18. The van der Waals surface area contributed by atoms with Crippen molar-refractivity contribution in [1.82, 2.24) is 4.90 Å². The molecule has 0 bridgehead atoms. The van der Waals surface area contributed by atoms with Crippen LogP contribution in [0.2, 0.25) is 5.02 Å². The third-order valence-corrected chi connectivity index (χ3v) is 5.42. The first kappa shape index (κ1) is 20.1. The number of likely N-dealkylation sites (tertiary alicyclic amines) is 1. The second-order valence-corrected chi connectivity index (χ2v) is 7.31. The lowest BCUT2D eigenvalue weighted by Crippen LogP contribution is -2.30. The van der Waals surface area contributed by atoms with Crippen molar-refractivity contribution in [2.45, 2.75) is 19.3 Å². The highest BCUT2D eigenvalue weighted by Gasteiger charge is 2.28. The molecule has 1 fully saturated rings. The molecule has 0 aromatic heterocycles. The number of benzene rings is 2. The predicted molar refractivity (Wildman–Crippen MR) is 103 cm³/mol. The molecule has 1 heterocycles. The maximum absolute atomic E-state index is 13.9. The van der Waals surface area contributed by atoms with E-state index in [9.17, 15) is 19.1 Å². The number of carbonyl (C=O) groups excluding carboxylic acids is 1. The number of ether oxygens (including phenoxy) is 1. The van der Waals surface area contributed by atoms with Crippen molar-refractivity contribution in [3.8, 4) is 5.75 Å². The van der Waals surface area contributed by atoms with Crippen LogP contribution in [0.3, 0.4) is 0 Å². The molecule has 1 N–H and O–H groups in total. The first-order chi connectivity index (χ1) is 13.4. The van der Waals surface area contributed by atoms with Crippen LogP contribution in [0.15, 0.2) is 36.4 Å². The summed E-state index contributed by atoms with van der Waals surface area (Å²) in [6.45, 7) is 1.11. The molecule has 2 aromatic rings. The Morgan fingerprint density at radius 1 is 1.32 bits per heavy atom. The summed E-state index contributed by atoms with van der Waals surface area (Å²) in [7, 11) is 1.54. The third kappa shape index (κ3) is 4.44. The summed E-state index contributed by atoms with van der Waals surface area (Å²) >= 11 is 6.02. The highest BCUT2D eigenvalue weighted by molar-refractivity contribution is 6.31. The molecule has 0 saturated carbocycles. The molecule has 7 heteroatoms. The number of carbonyl (C=O) groups is 2. The Bertz CT molecular complexity index is 882. The van der Waals surface area contributed by atoms with Gasteiger partial charge in [0.2, 0.25) is 5.91 Å². The van der Waals surface area contributed by atoms with Crippen molar-refractivity contribution in [3.05, 3.63) is 63.9 Å². The molecule has 28 heavy (non-hydrogen) atoms. The van der Waals surface area contributed by atoms with E-state index in [-0.39, 0.29) is 34.4 Å². The number of carboxylic acid groups (broad SMARTS) is 1.